The predicted molar refractivity (Wildman–Crippen MR) is 48.0 cm³/mol. The molecule has 3 nitrogen and oxygen atoms in total. The van der Waals surface area contributed by atoms with Gasteiger partial charge in [0.15, 0.2) is 0 Å². The Morgan fingerprint density at radius 2 is 2.17 bits per heavy atom. The van der Waals surface area contributed by atoms with Crippen LogP contribution in [0.15, 0.2) is 0 Å². The Hall–Kier alpha value is -0.120. The minimum absolute atomic E-state index is 0.300. The van der Waals surface area contributed by atoms with Crippen LogP contribution in [0.3, 0.4) is 0 Å². The monoisotopic (exact) mass is 173 g/mol. The second-order valence-corrected chi connectivity index (χ2v) is 3.40. The molecule has 0 amide bonds. The van der Waals surface area contributed by atoms with E-state index >= 15 is 0 Å². The van der Waals surface area contributed by atoms with E-state index in [9.17, 15) is 0 Å². The molecule has 0 aromatic carbocycles. The molecule has 0 spiro atoms. The molecular weight excluding hydrogens is 154 g/mol. The summed E-state index contributed by atoms with van der Waals surface area (Å²) in [4.78, 5) is 0. The molecule has 1 atom stereocenters. The number of ether oxygens (including phenoxy) is 2. The minimum Gasteiger partial charge on any atom is -0.385 e. The molecular formula is C9H19NO2. The molecule has 12 heavy (non-hydrogen) atoms. The maximum absolute atomic E-state index is 6.00. The molecule has 0 aromatic rings. The second-order valence-electron chi connectivity index (χ2n) is 3.40. The van der Waals surface area contributed by atoms with E-state index in [2.05, 4.69) is 0 Å². The quantitative estimate of drug-likeness (QED) is 0.683. The van der Waals surface area contributed by atoms with Gasteiger partial charge in [-0.15, -0.1) is 0 Å². The minimum atomic E-state index is 0.300. The van der Waals surface area contributed by atoms with Crippen LogP contribution in [0.1, 0.15) is 19.3 Å². The standard InChI is InChI=1S/C9H19NO2/c1-11-5-4-9(10)8-2-6-12-7-3-8/h8-9H,2-7,10H2,1H3. The highest BCUT2D eigenvalue weighted by Crippen LogP contribution is 2.19. The van der Waals surface area contributed by atoms with Crippen LogP contribution in [0.25, 0.3) is 0 Å². The summed E-state index contributed by atoms with van der Waals surface area (Å²) < 4.78 is 10.3. The third-order valence-electron chi connectivity index (χ3n) is 2.53. The molecule has 1 fully saturated rings. The average Bonchev–Trinajstić information content (AvgIpc) is 2.15. The Balaban J connectivity index is 2.15. The first kappa shape index (κ1) is 9.96. The lowest BCUT2D eigenvalue weighted by Gasteiger charge is -2.27. The van der Waals surface area contributed by atoms with E-state index in [0.29, 0.717) is 12.0 Å². The lowest BCUT2D eigenvalue weighted by atomic mass is 9.91. The number of hydrogen-bond donors (Lipinski definition) is 1. The van der Waals surface area contributed by atoms with Gasteiger partial charge in [-0.1, -0.05) is 0 Å². The lowest BCUT2D eigenvalue weighted by molar-refractivity contribution is 0.0538. The van der Waals surface area contributed by atoms with Crippen LogP contribution >= 0.6 is 0 Å². The molecule has 1 heterocycles. The van der Waals surface area contributed by atoms with Crippen LogP contribution in [-0.2, 0) is 9.47 Å². The zero-order valence-corrected chi connectivity index (χ0v) is 7.79. The van der Waals surface area contributed by atoms with Gasteiger partial charge in [0.25, 0.3) is 0 Å². The van der Waals surface area contributed by atoms with Crippen molar-refractivity contribution in [3.63, 3.8) is 0 Å². The molecule has 1 unspecified atom stereocenters. The molecule has 0 bridgehead atoms. The maximum atomic E-state index is 6.00. The summed E-state index contributed by atoms with van der Waals surface area (Å²) >= 11 is 0. The van der Waals surface area contributed by atoms with Crippen LogP contribution in [0.4, 0.5) is 0 Å². The topological polar surface area (TPSA) is 44.5 Å². The van der Waals surface area contributed by atoms with E-state index in [1.54, 1.807) is 7.11 Å². The Morgan fingerprint density at radius 3 is 2.75 bits per heavy atom. The molecule has 2 N–H and O–H groups in total. The van der Waals surface area contributed by atoms with Crippen molar-refractivity contribution in [3.8, 4) is 0 Å². The van der Waals surface area contributed by atoms with Gasteiger partial charge < -0.3 is 15.2 Å². The number of rotatable bonds is 4. The van der Waals surface area contributed by atoms with E-state index in [1.807, 2.05) is 0 Å². The largest absolute Gasteiger partial charge is 0.385 e. The van der Waals surface area contributed by atoms with Gasteiger partial charge in [0.2, 0.25) is 0 Å². The van der Waals surface area contributed by atoms with E-state index in [1.165, 1.54) is 0 Å². The first-order valence-corrected chi connectivity index (χ1v) is 4.67. The van der Waals surface area contributed by atoms with Gasteiger partial charge >= 0.3 is 0 Å². The Kier molecular flexibility index (Phi) is 4.58. The Bertz CT molecular complexity index is 113. The van der Waals surface area contributed by atoms with Crippen LogP contribution in [0.2, 0.25) is 0 Å². The molecule has 3 heteroatoms. The fourth-order valence-corrected chi connectivity index (χ4v) is 1.63. The van der Waals surface area contributed by atoms with Gasteiger partial charge in [-0.2, -0.15) is 0 Å². The summed E-state index contributed by atoms with van der Waals surface area (Å²) in [7, 11) is 1.72. The van der Waals surface area contributed by atoms with E-state index in [0.717, 1.165) is 39.1 Å². The Morgan fingerprint density at radius 1 is 1.50 bits per heavy atom. The zero-order chi connectivity index (χ0) is 8.81. The molecule has 0 aliphatic carbocycles. The molecule has 0 radical (unpaired) electrons. The zero-order valence-electron chi connectivity index (χ0n) is 7.79. The SMILES string of the molecule is COCCC(N)C1CCOCC1. The summed E-state index contributed by atoms with van der Waals surface area (Å²) in [5.41, 5.74) is 6.00. The van der Waals surface area contributed by atoms with Crippen molar-refractivity contribution in [2.24, 2.45) is 11.7 Å². The fourth-order valence-electron chi connectivity index (χ4n) is 1.63. The fraction of sp³-hybridized carbons (Fsp3) is 1.00. The smallest absolute Gasteiger partial charge is 0.0477 e. The molecule has 0 aromatic heterocycles. The lowest BCUT2D eigenvalue weighted by Crippen LogP contribution is -2.35. The van der Waals surface area contributed by atoms with Gasteiger partial charge in [-0.25, -0.2) is 0 Å². The van der Waals surface area contributed by atoms with Gasteiger partial charge in [0, 0.05) is 33.0 Å². The van der Waals surface area contributed by atoms with Gasteiger partial charge in [-0.05, 0) is 25.2 Å². The molecule has 1 saturated heterocycles. The van der Waals surface area contributed by atoms with E-state index in [-0.39, 0.29) is 0 Å². The molecule has 1 rings (SSSR count). The van der Waals surface area contributed by atoms with Crippen molar-refractivity contribution in [1.29, 1.82) is 0 Å². The van der Waals surface area contributed by atoms with Gasteiger partial charge in [0.1, 0.15) is 0 Å². The molecule has 1 aliphatic heterocycles. The van der Waals surface area contributed by atoms with Crippen molar-refractivity contribution in [2.75, 3.05) is 26.9 Å². The summed E-state index contributed by atoms with van der Waals surface area (Å²) in [5, 5.41) is 0. The number of nitrogens with two attached hydrogens (primary N) is 1. The average molecular weight is 173 g/mol. The molecule has 72 valence electrons. The highest BCUT2D eigenvalue weighted by molar-refractivity contribution is 4.74. The predicted octanol–water partition coefficient (Wildman–Crippen LogP) is 0.777. The van der Waals surface area contributed by atoms with Crippen molar-refractivity contribution >= 4 is 0 Å². The van der Waals surface area contributed by atoms with Crippen molar-refractivity contribution in [1.82, 2.24) is 0 Å². The Labute approximate surface area is 74.2 Å². The van der Waals surface area contributed by atoms with E-state index in [4.69, 9.17) is 15.2 Å². The first-order valence-electron chi connectivity index (χ1n) is 4.67. The van der Waals surface area contributed by atoms with E-state index < -0.39 is 0 Å². The van der Waals surface area contributed by atoms with Gasteiger partial charge in [-0.3, -0.25) is 0 Å². The van der Waals surface area contributed by atoms with Crippen LogP contribution in [0, 0.1) is 5.92 Å². The van der Waals surface area contributed by atoms with Crippen LogP contribution in [0.5, 0.6) is 0 Å². The van der Waals surface area contributed by atoms with Crippen molar-refractivity contribution in [3.05, 3.63) is 0 Å². The molecule has 1 aliphatic rings. The maximum Gasteiger partial charge on any atom is 0.0477 e. The second kappa shape index (κ2) is 5.51. The highest BCUT2D eigenvalue weighted by atomic mass is 16.5. The first-order chi connectivity index (χ1) is 5.84. The summed E-state index contributed by atoms with van der Waals surface area (Å²) in [6.45, 7) is 2.54. The van der Waals surface area contributed by atoms with Crippen molar-refractivity contribution in [2.45, 2.75) is 25.3 Å². The normalized spacial score (nSPS) is 22.5. The molecule has 0 saturated carbocycles. The van der Waals surface area contributed by atoms with Crippen molar-refractivity contribution < 1.29 is 9.47 Å². The summed E-state index contributed by atoms with van der Waals surface area (Å²) in [5.74, 6) is 0.647. The number of methoxy groups -OCH3 is 1. The summed E-state index contributed by atoms with van der Waals surface area (Å²) in [6, 6.07) is 0.300. The summed E-state index contributed by atoms with van der Waals surface area (Å²) in [6.07, 6.45) is 3.21. The third-order valence-corrected chi connectivity index (χ3v) is 2.53. The number of hydrogen-bond acceptors (Lipinski definition) is 3. The van der Waals surface area contributed by atoms with Crippen LogP contribution < -0.4 is 5.73 Å². The highest BCUT2D eigenvalue weighted by Gasteiger charge is 2.20. The third kappa shape index (κ3) is 3.09. The van der Waals surface area contributed by atoms with Gasteiger partial charge in [0.05, 0.1) is 0 Å². The van der Waals surface area contributed by atoms with Crippen LogP contribution in [-0.4, -0.2) is 33.0 Å².